The molecule has 1 amide bonds. The lowest BCUT2D eigenvalue weighted by Gasteiger charge is -2.23. The van der Waals surface area contributed by atoms with Gasteiger partial charge in [0, 0.05) is 9.14 Å². The number of hydrogen-bond donors (Lipinski definition) is 0. The summed E-state index contributed by atoms with van der Waals surface area (Å²) in [6.07, 6.45) is 3.88. The minimum absolute atomic E-state index is 0.0369. The molecule has 0 radical (unpaired) electrons. The Balaban J connectivity index is 1.82. The molecule has 3 aromatic rings. The van der Waals surface area contributed by atoms with Crippen molar-refractivity contribution in [2.24, 2.45) is 0 Å². The van der Waals surface area contributed by atoms with Crippen molar-refractivity contribution in [2.75, 3.05) is 12.0 Å². The molecule has 150 valence electrons. The van der Waals surface area contributed by atoms with E-state index in [0.29, 0.717) is 5.57 Å². The highest BCUT2D eigenvalue weighted by Gasteiger charge is 2.31. The van der Waals surface area contributed by atoms with Crippen LogP contribution in [-0.2, 0) is 4.79 Å². The second kappa shape index (κ2) is 8.78. The molecule has 3 aromatic carbocycles. The van der Waals surface area contributed by atoms with Crippen LogP contribution in [0.2, 0.25) is 0 Å². The van der Waals surface area contributed by atoms with Crippen molar-refractivity contribution >= 4 is 61.9 Å². The zero-order valence-electron chi connectivity index (χ0n) is 16.5. The lowest BCUT2D eigenvalue weighted by Crippen LogP contribution is -2.25. The Morgan fingerprint density at radius 1 is 1.03 bits per heavy atom. The molecular formula is C25H19BrINO2. The number of halogens is 2. The Morgan fingerprint density at radius 2 is 1.80 bits per heavy atom. The van der Waals surface area contributed by atoms with Crippen LogP contribution < -0.4 is 9.64 Å². The molecule has 1 heterocycles. The number of hydrogen-bond acceptors (Lipinski definition) is 2. The van der Waals surface area contributed by atoms with Gasteiger partial charge in [0.15, 0.2) is 0 Å². The van der Waals surface area contributed by atoms with Gasteiger partial charge in [0.25, 0.3) is 5.91 Å². The van der Waals surface area contributed by atoms with Crippen molar-refractivity contribution in [1.82, 2.24) is 0 Å². The van der Waals surface area contributed by atoms with E-state index in [2.05, 4.69) is 44.6 Å². The van der Waals surface area contributed by atoms with E-state index in [0.717, 1.165) is 41.9 Å². The fourth-order valence-corrected chi connectivity index (χ4v) is 4.70. The Morgan fingerprint density at radius 3 is 2.47 bits per heavy atom. The van der Waals surface area contributed by atoms with Crippen molar-refractivity contribution in [3.05, 3.63) is 103 Å². The molecule has 0 N–H and O–H groups in total. The van der Waals surface area contributed by atoms with Crippen LogP contribution in [0.1, 0.15) is 16.7 Å². The van der Waals surface area contributed by atoms with Crippen LogP contribution in [-0.4, -0.2) is 13.0 Å². The van der Waals surface area contributed by atoms with Crippen LogP contribution in [0.4, 0.5) is 5.69 Å². The van der Waals surface area contributed by atoms with Gasteiger partial charge in [0.05, 0.1) is 23.0 Å². The molecule has 5 heteroatoms. The summed E-state index contributed by atoms with van der Waals surface area (Å²) in [4.78, 5) is 15.3. The van der Waals surface area contributed by atoms with Gasteiger partial charge in [-0.3, -0.25) is 9.69 Å². The molecule has 0 atom stereocenters. The van der Waals surface area contributed by atoms with E-state index >= 15 is 0 Å². The fraction of sp³-hybridized carbons (Fsp3) is 0.0800. The number of methoxy groups -OCH3 is 1. The summed E-state index contributed by atoms with van der Waals surface area (Å²) in [5.74, 6) is 0.719. The highest BCUT2D eigenvalue weighted by molar-refractivity contribution is 14.1. The summed E-state index contributed by atoms with van der Waals surface area (Å²) in [5.41, 5.74) is 5.41. The van der Waals surface area contributed by atoms with E-state index < -0.39 is 0 Å². The maximum absolute atomic E-state index is 13.5. The van der Waals surface area contributed by atoms with Gasteiger partial charge in [-0.15, -0.1) is 0 Å². The summed E-state index contributed by atoms with van der Waals surface area (Å²) in [6.45, 7) is 2.04. The predicted octanol–water partition coefficient (Wildman–Crippen LogP) is 6.84. The average molecular weight is 572 g/mol. The van der Waals surface area contributed by atoms with Gasteiger partial charge in [-0.05, 0) is 105 Å². The number of amides is 1. The van der Waals surface area contributed by atoms with E-state index in [9.17, 15) is 4.79 Å². The maximum Gasteiger partial charge on any atom is 0.262 e. The number of anilines is 1. The maximum atomic E-state index is 13.5. The van der Waals surface area contributed by atoms with Crippen molar-refractivity contribution in [3.8, 4) is 5.75 Å². The molecule has 0 spiro atoms. The number of carbonyl (C=O) groups excluding carboxylic acids is 1. The fourth-order valence-electron chi connectivity index (χ4n) is 3.50. The molecule has 0 saturated carbocycles. The molecule has 0 fully saturated rings. The SMILES string of the molecule is COc1ccc(/C=C2\C=C(c3ccccc3)N(c3ccc(I)cc3C)C2=O)cc1Br. The van der Waals surface area contributed by atoms with Gasteiger partial charge < -0.3 is 4.74 Å². The third-order valence-electron chi connectivity index (χ3n) is 4.95. The molecule has 30 heavy (non-hydrogen) atoms. The van der Waals surface area contributed by atoms with E-state index in [1.54, 1.807) is 7.11 Å². The smallest absolute Gasteiger partial charge is 0.262 e. The monoisotopic (exact) mass is 571 g/mol. The van der Waals surface area contributed by atoms with Gasteiger partial charge in [0.1, 0.15) is 5.75 Å². The molecule has 1 aliphatic heterocycles. The summed E-state index contributed by atoms with van der Waals surface area (Å²) in [5, 5.41) is 0. The number of ether oxygens (including phenoxy) is 1. The first-order valence-corrected chi connectivity index (χ1v) is 11.3. The number of rotatable bonds is 4. The highest BCUT2D eigenvalue weighted by Crippen LogP contribution is 2.37. The zero-order valence-corrected chi connectivity index (χ0v) is 20.3. The van der Waals surface area contributed by atoms with E-state index in [-0.39, 0.29) is 5.91 Å². The van der Waals surface area contributed by atoms with Crippen LogP contribution in [0.25, 0.3) is 11.8 Å². The largest absolute Gasteiger partial charge is 0.496 e. The first kappa shape index (κ1) is 20.9. The van der Waals surface area contributed by atoms with Crippen molar-refractivity contribution in [2.45, 2.75) is 6.92 Å². The first-order chi connectivity index (χ1) is 14.5. The predicted molar refractivity (Wildman–Crippen MR) is 134 cm³/mol. The Hall–Kier alpha value is -2.38. The summed E-state index contributed by atoms with van der Waals surface area (Å²) in [7, 11) is 1.63. The third kappa shape index (κ3) is 4.09. The topological polar surface area (TPSA) is 29.5 Å². The molecule has 0 unspecified atom stereocenters. The number of carbonyl (C=O) groups is 1. The minimum atomic E-state index is -0.0369. The van der Waals surface area contributed by atoms with Gasteiger partial charge >= 0.3 is 0 Å². The quantitative estimate of drug-likeness (QED) is 0.253. The normalized spacial score (nSPS) is 14.9. The summed E-state index contributed by atoms with van der Waals surface area (Å²) < 4.78 is 7.30. The summed E-state index contributed by atoms with van der Waals surface area (Å²) in [6, 6.07) is 21.9. The van der Waals surface area contributed by atoms with Crippen molar-refractivity contribution in [3.63, 3.8) is 0 Å². The molecule has 0 bridgehead atoms. The van der Waals surface area contributed by atoms with Crippen LogP contribution in [0.15, 0.2) is 82.9 Å². The van der Waals surface area contributed by atoms with E-state index in [1.807, 2.05) is 84.6 Å². The van der Waals surface area contributed by atoms with Crippen LogP contribution in [0, 0.1) is 10.5 Å². The van der Waals surface area contributed by atoms with Gasteiger partial charge in [-0.1, -0.05) is 36.4 Å². The number of aryl methyl sites for hydroxylation is 1. The van der Waals surface area contributed by atoms with Gasteiger partial charge in [-0.2, -0.15) is 0 Å². The molecule has 0 saturated heterocycles. The van der Waals surface area contributed by atoms with E-state index in [1.165, 1.54) is 0 Å². The number of nitrogens with zero attached hydrogens (tertiary/aromatic N) is 1. The van der Waals surface area contributed by atoms with Gasteiger partial charge in [-0.25, -0.2) is 0 Å². The van der Waals surface area contributed by atoms with Crippen LogP contribution in [0.3, 0.4) is 0 Å². The van der Waals surface area contributed by atoms with Crippen molar-refractivity contribution in [1.29, 1.82) is 0 Å². The molecular weight excluding hydrogens is 553 g/mol. The first-order valence-electron chi connectivity index (χ1n) is 9.41. The zero-order chi connectivity index (χ0) is 21.3. The highest BCUT2D eigenvalue weighted by atomic mass is 127. The second-order valence-corrected chi connectivity index (χ2v) is 9.06. The lowest BCUT2D eigenvalue weighted by molar-refractivity contribution is -0.113. The standard InChI is InChI=1S/C25H19BrINO2/c1-16-12-20(27)9-10-22(16)28-23(18-6-4-3-5-7-18)15-19(25(28)29)13-17-8-11-24(30-2)21(26)14-17/h3-15H,1-2H3/b19-13+. The Bertz CT molecular complexity index is 1190. The van der Waals surface area contributed by atoms with Crippen LogP contribution >= 0.6 is 38.5 Å². The Labute approximate surface area is 198 Å². The third-order valence-corrected chi connectivity index (χ3v) is 6.24. The Kier molecular flexibility index (Phi) is 6.11. The van der Waals surface area contributed by atoms with Gasteiger partial charge in [0.2, 0.25) is 0 Å². The molecule has 0 aliphatic carbocycles. The minimum Gasteiger partial charge on any atom is -0.496 e. The molecule has 1 aliphatic rings. The van der Waals surface area contributed by atoms with Crippen molar-refractivity contribution < 1.29 is 9.53 Å². The van der Waals surface area contributed by atoms with E-state index in [4.69, 9.17) is 4.74 Å². The second-order valence-electron chi connectivity index (χ2n) is 6.96. The lowest BCUT2D eigenvalue weighted by atomic mass is 10.1. The summed E-state index contributed by atoms with van der Waals surface area (Å²) >= 11 is 5.81. The molecule has 3 nitrogen and oxygen atoms in total. The molecule has 4 rings (SSSR count). The average Bonchev–Trinajstić information content (AvgIpc) is 3.05. The van der Waals surface area contributed by atoms with Crippen LogP contribution in [0.5, 0.6) is 5.75 Å². The number of benzene rings is 3. The molecule has 0 aromatic heterocycles.